The van der Waals surface area contributed by atoms with Gasteiger partial charge in [0.05, 0.1) is 12.1 Å². The predicted molar refractivity (Wildman–Crippen MR) is 112 cm³/mol. The predicted octanol–water partition coefficient (Wildman–Crippen LogP) is 5.00. The average Bonchev–Trinajstić information content (AvgIpc) is 3.34. The van der Waals surface area contributed by atoms with E-state index in [1.165, 1.54) is 22.4 Å². The van der Waals surface area contributed by atoms with Crippen molar-refractivity contribution >= 4 is 11.0 Å². The molecule has 0 amide bonds. The highest BCUT2D eigenvalue weighted by atomic mass is 15.4. The molecular weight excluding hydrogens is 344 g/mol. The van der Waals surface area contributed by atoms with E-state index in [9.17, 15) is 0 Å². The quantitative estimate of drug-likeness (QED) is 0.440. The van der Waals surface area contributed by atoms with Gasteiger partial charge in [-0.25, -0.2) is 4.68 Å². The molecule has 0 radical (unpaired) electrons. The molecule has 0 N–H and O–H groups in total. The second-order valence-electron chi connectivity index (χ2n) is 6.94. The summed E-state index contributed by atoms with van der Waals surface area (Å²) in [5.74, 6) is 0. The Morgan fingerprint density at radius 1 is 0.679 bits per heavy atom. The summed E-state index contributed by atoms with van der Waals surface area (Å²) in [6.07, 6.45) is 2.23. The smallest absolute Gasteiger partial charge is 0.113 e. The number of nitrogens with zero attached hydrogens (tertiary/aromatic N) is 4. The first kappa shape index (κ1) is 16.5. The molecule has 0 aliphatic rings. The molecule has 0 bridgehead atoms. The fourth-order valence-corrected chi connectivity index (χ4v) is 3.59. The number of fused-ring (bicyclic) bond motifs is 1. The van der Waals surface area contributed by atoms with Crippen molar-refractivity contribution in [2.24, 2.45) is 0 Å². The van der Waals surface area contributed by atoms with Crippen molar-refractivity contribution in [2.75, 3.05) is 0 Å². The van der Waals surface area contributed by atoms with E-state index in [1.54, 1.807) is 0 Å². The van der Waals surface area contributed by atoms with Gasteiger partial charge in [-0.2, -0.15) is 0 Å². The minimum Gasteiger partial charge on any atom is -0.345 e. The van der Waals surface area contributed by atoms with E-state index < -0.39 is 0 Å². The summed E-state index contributed by atoms with van der Waals surface area (Å²) >= 11 is 0. The highest BCUT2D eigenvalue weighted by Crippen LogP contribution is 2.24. The van der Waals surface area contributed by atoms with Crippen LogP contribution in [0.25, 0.3) is 22.2 Å². The van der Waals surface area contributed by atoms with Crippen LogP contribution < -0.4 is 0 Å². The molecule has 5 rings (SSSR count). The molecule has 3 aromatic carbocycles. The summed E-state index contributed by atoms with van der Waals surface area (Å²) in [5, 5.41) is 8.67. The fraction of sp³-hybridized carbons (Fsp3) is 0.0833. The van der Waals surface area contributed by atoms with Crippen LogP contribution in [0.3, 0.4) is 0 Å². The molecule has 4 heteroatoms. The minimum atomic E-state index is 0.681. The van der Waals surface area contributed by atoms with Crippen LogP contribution in [0.2, 0.25) is 0 Å². The zero-order valence-corrected chi connectivity index (χ0v) is 15.4. The summed E-state index contributed by atoms with van der Waals surface area (Å²) in [6, 6.07) is 31.4. The molecule has 5 aromatic rings. The van der Waals surface area contributed by atoms with E-state index >= 15 is 0 Å². The van der Waals surface area contributed by atoms with E-state index in [2.05, 4.69) is 87.8 Å². The maximum absolute atomic E-state index is 4.37. The first-order valence-electron chi connectivity index (χ1n) is 9.43. The van der Waals surface area contributed by atoms with Crippen LogP contribution in [0.5, 0.6) is 0 Å². The lowest BCUT2D eigenvalue weighted by Crippen LogP contribution is -2.09. The van der Waals surface area contributed by atoms with Crippen LogP contribution in [0, 0.1) is 0 Å². The number of benzene rings is 3. The van der Waals surface area contributed by atoms with Crippen LogP contribution in [0.1, 0.15) is 11.3 Å². The molecule has 0 spiro atoms. The maximum atomic E-state index is 4.37. The number of rotatable bonds is 5. The lowest BCUT2D eigenvalue weighted by molar-refractivity contribution is 0.623. The van der Waals surface area contributed by atoms with Crippen LogP contribution >= 0.6 is 0 Å². The Bertz CT molecular complexity index is 1200. The highest BCUT2D eigenvalue weighted by Gasteiger charge is 2.11. The monoisotopic (exact) mass is 364 g/mol. The summed E-state index contributed by atoms with van der Waals surface area (Å²) in [5.41, 5.74) is 6.90. The summed E-state index contributed by atoms with van der Waals surface area (Å²) in [4.78, 5) is 0. The van der Waals surface area contributed by atoms with E-state index in [0.29, 0.717) is 6.54 Å². The molecule has 0 aliphatic carbocycles. The maximum Gasteiger partial charge on any atom is 0.113 e. The Labute approximate surface area is 163 Å². The van der Waals surface area contributed by atoms with Crippen molar-refractivity contribution in [3.05, 3.63) is 108 Å². The molecule has 0 saturated heterocycles. The van der Waals surface area contributed by atoms with Crippen LogP contribution in [0.4, 0.5) is 0 Å². The number of aromatic nitrogens is 4. The zero-order chi connectivity index (χ0) is 18.8. The third kappa shape index (κ3) is 3.21. The van der Waals surface area contributed by atoms with Gasteiger partial charge < -0.3 is 4.57 Å². The number of para-hydroxylation sites is 1. The van der Waals surface area contributed by atoms with Gasteiger partial charge in [0, 0.05) is 18.4 Å². The first-order valence-corrected chi connectivity index (χ1v) is 9.43. The van der Waals surface area contributed by atoms with Crippen molar-refractivity contribution in [2.45, 2.75) is 13.1 Å². The van der Waals surface area contributed by atoms with Crippen LogP contribution in [0.15, 0.2) is 97.2 Å². The first-order chi connectivity index (χ1) is 13.9. The molecule has 136 valence electrons. The van der Waals surface area contributed by atoms with Gasteiger partial charge in [0.2, 0.25) is 0 Å². The second kappa shape index (κ2) is 7.16. The van der Waals surface area contributed by atoms with E-state index in [1.807, 2.05) is 28.9 Å². The standard InChI is InChI=1S/C24H20N4/c1-3-9-19(10-4-1)16-27-17-21(20-11-5-2-6-12-20)15-22(27)18-28-24-14-8-7-13-23(24)25-26-28/h1-15,17H,16,18H2. The lowest BCUT2D eigenvalue weighted by atomic mass is 10.1. The summed E-state index contributed by atoms with van der Waals surface area (Å²) in [7, 11) is 0. The lowest BCUT2D eigenvalue weighted by Gasteiger charge is -2.10. The van der Waals surface area contributed by atoms with Crippen molar-refractivity contribution in [1.82, 2.24) is 19.6 Å². The molecule has 2 aromatic heterocycles. The average molecular weight is 364 g/mol. The molecule has 0 saturated carbocycles. The van der Waals surface area contributed by atoms with Gasteiger partial charge in [0.1, 0.15) is 5.52 Å². The van der Waals surface area contributed by atoms with E-state index in [4.69, 9.17) is 0 Å². The Morgan fingerprint density at radius 2 is 1.39 bits per heavy atom. The van der Waals surface area contributed by atoms with Crippen LogP contribution in [-0.2, 0) is 13.1 Å². The topological polar surface area (TPSA) is 35.6 Å². The third-order valence-electron chi connectivity index (χ3n) is 5.02. The molecule has 2 heterocycles. The van der Waals surface area contributed by atoms with Crippen molar-refractivity contribution in [3.63, 3.8) is 0 Å². The van der Waals surface area contributed by atoms with E-state index in [0.717, 1.165) is 17.6 Å². The van der Waals surface area contributed by atoms with Gasteiger partial charge in [-0.1, -0.05) is 78.0 Å². The summed E-state index contributed by atoms with van der Waals surface area (Å²) < 4.78 is 4.29. The Kier molecular flexibility index (Phi) is 4.22. The van der Waals surface area contributed by atoms with E-state index in [-0.39, 0.29) is 0 Å². The summed E-state index contributed by atoms with van der Waals surface area (Å²) in [6.45, 7) is 1.51. The third-order valence-corrected chi connectivity index (χ3v) is 5.02. The van der Waals surface area contributed by atoms with Crippen molar-refractivity contribution < 1.29 is 0 Å². The number of hydrogen-bond donors (Lipinski definition) is 0. The molecule has 0 fully saturated rings. The molecular formula is C24H20N4. The van der Waals surface area contributed by atoms with Gasteiger partial charge in [-0.05, 0) is 34.9 Å². The molecule has 0 unspecified atom stereocenters. The fourth-order valence-electron chi connectivity index (χ4n) is 3.59. The molecule has 28 heavy (non-hydrogen) atoms. The van der Waals surface area contributed by atoms with Gasteiger partial charge in [-0.3, -0.25) is 0 Å². The zero-order valence-electron chi connectivity index (χ0n) is 15.4. The normalized spacial score (nSPS) is 11.1. The van der Waals surface area contributed by atoms with Crippen molar-refractivity contribution in [3.8, 4) is 11.1 Å². The van der Waals surface area contributed by atoms with Crippen LogP contribution in [-0.4, -0.2) is 19.6 Å². The number of hydrogen-bond acceptors (Lipinski definition) is 2. The molecule has 4 nitrogen and oxygen atoms in total. The van der Waals surface area contributed by atoms with Crippen molar-refractivity contribution in [1.29, 1.82) is 0 Å². The second-order valence-corrected chi connectivity index (χ2v) is 6.94. The SMILES string of the molecule is c1ccc(Cn2cc(-c3ccccc3)cc2Cn2nnc3ccccc32)cc1. The van der Waals surface area contributed by atoms with Gasteiger partial charge in [0.25, 0.3) is 0 Å². The van der Waals surface area contributed by atoms with Gasteiger partial charge >= 0.3 is 0 Å². The molecule has 0 atom stereocenters. The highest BCUT2D eigenvalue weighted by molar-refractivity contribution is 5.74. The Hall–Kier alpha value is -3.66. The largest absolute Gasteiger partial charge is 0.345 e. The Morgan fingerprint density at radius 3 is 2.21 bits per heavy atom. The minimum absolute atomic E-state index is 0.681. The van der Waals surface area contributed by atoms with Gasteiger partial charge in [0.15, 0.2) is 0 Å². The Balaban J connectivity index is 1.55. The molecule has 0 aliphatic heterocycles. The van der Waals surface area contributed by atoms with Gasteiger partial charge in [-0.15, -0.1) is 5.10 Å².